The van der Waals surface area contributed by atoms with Gasteiger partial charge in [-0.3, -0.25) is 0 Å². The summed E-state index contributed by atoms with van der Waals surface area (Å²) in [6.07, 6.45) is 19.3. The lowest BCUT2D eigenvalue weighted by molar-refractivity contribution is 0.199. The van der Waals surface area contributed by atoms with Crippen LogP contribution < -0.4 is 0 Å². The molecule has 144 valence electrons. The maximum atomic E-state index is 2.81. The zero-order chi connectivity index (χ0) is 16.3. The Bertz CT molecular complexity index is 262. The lowest BCUT2D eigenvalue weighted by Gasteiger charge is -2.29. The lowest BCUT2D eigenvalue weighted by atomic mass is 9.86. The Kier molecular flexibility index (Phi) is 12.4. The van der Waals surface area contributed by atoms with E-state index in [1.54, 1.807) is 0 Å². The predicted molar refractivity (Wildman–Crippen MR) is 109 cm³/mol. The molecular formula is C21H43ClN2. The van der Waals surface area contributed by atoms with E-state index in [4.69, 9.17) is 0 Å². The Hall–Kier alpha value is 0.210. The second-order valence-electron chi connectivity index (χ2n) is 8.58. The van der Waals surface area contributed by atoms with Crippen molar-refractivity contribution in [1.29, 1.82) is 0 Å². The van der Waals surface area contributed by atoms with Gasteiger partial charge in [0.2, 0.25) is 0 Å². The van der Waals surface area contributed by atoms with Crippen molar-refractivity contribution in [2.45, 2.75) is 83.5 Å². The normalized spacial score (nSPS) is 20.5. The highest BCUT2D eigenvalue weighted by molar-refractivity contribution is 5.85. The van der Waals surface area contributed by atoms with Crippen molar-refractivity contribution in [2.75, 3.05) is 40.3 Å². The van der Waals surface area contributed by atoms with Gasteiger partial charge < -0.3 is 9.80 Å². The van der Waals surface area contributed by atoms with Crippen molar-refractivity contribution in [3.63, 3.8) is 0 Å². The minimum absolute atomic E-state index is 0. The van der Waals surface area contributed by atoms with Crippen LogP contribution in [0.2, 0.25) is 0 Å². The fourth-order valence-corrected chi connectivity index (χ4v) is 4.63. The van der Waals surface area contributed by atoms with Gasteiger partial charge in [-0.1, -0.05) is 64.2 Å². The molecule has 0 aromatic carbocycles. The van der Waals surface area contributed by atoms with Gasteiger partial charge in [-0.15, -0.1) is 12.4 Å². The van der Waals surface area contributed by atoms with Crippen molar-refractivity contribution in [3.8, 4) is 0 Å². The molecule has 0 aromatic rings. The Morgan fingerprint density at radius 3 is 1.50 bits per heavy atom. The van der Waals surface area contributed by atoms with Crippen LogP contribution in [-0.4, -0.2) is 50.1 Å². The van der Waals surface area contributed by atoms with Crippen LogP contribution in [0.4, 0.5) is 0 Å². The van der Waals surface area contributed by atoms with Crippen LogP contribution in [0, 0.1) is 11.8 Å². The first-order valence-electron chi connectivity index (χ1n) is 10.6. The van der Waals surface area contributed by atoms with Crippen LogP contribution in [0.25, 0.3) is 0 Å². The quantitative estimate of drug-likeness (QED) is 0.501. The third-order valence-electron chi connectivity index (χ3n) is 6.24. The summed E-state index contributed by atoms with van der Waals surface area (Å²) in [5, 5.41) is 0. The minimum atomic E-state index is 0. The Morgan fingerprint density at radius 1 is 0.625 bits per heavy atom. The average molecular weight is 359 g/mol. The van der Waals surface area contributed by atoms with E-state index in [0.29, 0.717) is 0 Å². The number of hydrogen-bond acceptors (Lipinski definition) is 2. The van der Waals surface area contributed by atoms with Crippen molar-refractivity contribution in [3.05, 3.63) is 0 Å². The second-order valence-corrected chi connectivity index (χ2v) is 8.58. The summed E-state index contributed by atoms with van der Waals surface area (Å²) in [5.41, 5.74) is 0. The molecule has 0 radical (unpaired) electrons. The molecule has 0 aliphatic heterocycles. The summed E-state index contributed by atoms with van der Waals surface area (Å²) in [6.45, 7) is 5.29. The fraction of sp³-hybridized carbons (Fsp3) is 1.00. The molecule has 0 spiro atoms. The molecular weight excluding hydrogens is 316 g/mol. The zero-order valence-corrected chi connectivity index (χ0v) is 17.3. The fourth-order valence-electron chi connectivity index (χ4n) is 4.63. The molecule has 2 rings (SSSR count). The third kappa shape index (κ3) is 9.63. The van der Waals surface area contributed by atoms with Gasteiger partial charge in [0.05, 0.1) is 0 Å². The minimum Gasteiger partial charge on any atom is -0.309 e. The number of nitrogens with zero attached hydrogens (tertiary/aromatic N) is 2. The summed E-state index contributed by atoms with van der Waals surface area (Å²) in [7, 11) is 4.41. The van der Waals surface area contributed by atoms with Crippen LogP contribution in [0.3, 0.4) is 0 Å². The van der Waals surface area contributed by atoms with Gasteiger partial charge in [-0.05, 0) is 71.4 Å². The van der Waals surface area contributed by atoms with Gasteiger partial charge in [-0.2, -0.15) is 0 Å². The van der Waals surface area contributed by atoms with Crippen molar-refractivity contribution in [2.24, 2.45) is 11.8 Å². The van der Waals surface area contributed by atoms with Gasteiger partial charge in [0, 0.05) is 0 Å². The average Bonchev–Trinajstić information content (AvgIpc) is 2.58. The standard InChI is InChI=1S/C21H42N2.ClH/c1-22(2)16-9-17-23(18-14-20-10-5-3-6-11-20)19-15-21-12-7-4-8-13-21;/h20-21H,3-19H2,1-2H3;1H. The van der Waals surface area contributed by atoms with E-state index in [9.17, 15) is 0 Å². The lowest BCUT2D eigenvalue weighted by Crippen LogP contribution is -2.32. The van der Waals surface area contributed by atoms with E-state index in [1.165, 1.54) is 110 Å². The van der Waals surface area contributed by atoms with E-state index < -0.39 is 0 Å². The van der Waals surface area contributed by atoms with Gasteiger partial charge in [-0.25, -0.2) is 0 Å². The van der Waals surface area contributed by atoms with Gasteiger partial charge in [0.25, 0.3) is 0 Å². The van der Waals surface area contributed by atoms with Gasteiger partial charge in [0.1, 0.15) is 0 Å². The van der Waals surface area contributed by atoms with E-state index in [2.05, 4.69) is 23.9 Å². The van der Waals surface area contributed by atoms with Crippen LogP contribution in [-0.2, 0) is 0 Å². The number of rotatable bonds is 10. The highest BCUT2D eigenvalue weighted by atomic mass is 35.5. The van der Waals surface area contributed by atoms with Crippen molar-refractivity contribution in [1.82, 2.24) is 9.80 Å². The summed E-state index contributed by atoms with van der Waals surface area (Å²) in [6, 6.07) is 0. The van der Waals surface area contributed by atoms with E-state index in [0.717, 1.165) is 11.8 Å². The van der Waals surface area contributed by atoms with Crippen LogP contribution in [0.15, 0.2) is 0 Å². The first kappa shape index (κ1) is 22.3. The van der Waals surface area contributed by atoms with E-state index in [1.807, 2.05) is 0 Å². The molecule has 2 saturated carbocycles. The van der Waals surface area contributed by atoms with Crippen LogP contribution >= 0.6 is 12.4 Å². The predicted octanol–water partition coefficient (Wildman–Crippen LogP) is 5.60. The van der Waals surface area contributed by atoms with E-state index in [-0.39, 0.29) is 12.4 Å². The maximum absolute atomic E-state index is 2.81. The first-order valence-corrected chi connectivity index (χ1v) is 10.6. The van der Waals surface area contributed by atoms with Crippen molar-refractivity contribution >= 4 is 12.4 Å². The SMILES string of the molecule is CN(C)CCCN(CCC1CCCCC1)CCC1CCCCC1.Cl. The molecule has 0 N–H and O–H groups in total. The molecule has 0 saturated heterocycles. The molecule has 2 aliphatic carbocycles. The Balaban J connectivity index is 0.00000288. The molecule has 2 nitrogen and oxygen atoms in total. The molecule has 0 unspecified atom stereocenters. The molecule has 0 bridgehead atoms. The highest BCUT2D eigenvalue weighted by Crippen LogP contribution is 2.28. The van der Waals surface area contributed by atoms with Crippen LogP contribution in [0.5, 0.6) is 0 Å². The largest absolute Gasteiger partial charge is 0.309 e. The van der Waals surface area contributed by atoms with Gasteiger partial charge in [0.15, 0.2) is 0 Å². The summed E-state index contributed by atoms with van der Waals surface area (Å²) in [5.74, 6) is 2.07. The zero-order valence-electron chi connectivity index (χ0n) is 16.5. The second kappa shape index (κ2) is 13.4. The first-order chi connectivity index (χ1) is 11.2. The smallest absolute Gasteiger partial charge is 0.000655 e. The molecule has 2 aliphatic rings. The Labute approximate surface area is 158 Å². The highest BCUT2D eigenvalue weighted by Gasteiger charge is 2.17. The molecule has 0 amide bonds. The summed E-state index contributed by atoms with van der Waals surface area (Å²) >= 11 is 0. The van der Waals surface area contributed by atoms with Crippen molar-refractivity contribution < 1.29 is 0 Å². The molecule has 0 atom stereocenters. The summed E-state index contributed by atoms with van der Waals surface area (Å²) in [4.78, 5) is 5.15. The van der Waals surface area contributed by atoms with Gasteiger partial charge >= 0.3 is 0 Å². The molecule has 0 aromatic heterocycles. The molecule has 24 heavy (non-hydrogen) atoms. The van der Waals surface area contributed by atoms with E-state index >= 15 is 0 Å². The summed E-state index contributed by atoms with van der Waals surface area (Å²) < 4.78 is 0. The monoisotopic (exact) mass is 358 g/mol. The Morgan fingerprint density at radius 2 is 1.08 bits per heavy atom. The topological polar surface area (TPSA) is 6.48 Å². The molecule has 0 heterocycles. The molecule has 3 heteroatoms. The number of halogens is 1. The van der Waals surface area contributed by atoms with Crippen LogP contribution in [0.1, 0.15) is 83.5 Å². The molecule has 2 fully saturated rings. The number of hydrogen-bond donors (Lipinski definition) is 0. The maximum Gasteiger partial charge on any atom is -0.000655 e. The third-order valence-corrected chi connectivity index (χ3v) is 6.24.